The second-order valence-electron chi connectivity index (χ2n) is 10.5. The molecular formula is C30H28N2O10. The number of Topliss-reactive ketones (excluding diaryl/α,β-unsaturated/α-hetero) is 2. The molecule has 0 bridgehead atoms. The standard InChI is InChI=1S/C30H28N2O10/c1-2-42-21(35)12-32-29(40)14-5-3-4-13(8-14)17-6-7-19(33)23-18(17)10-15-9-16-11-20(34)24(28(31)39)27(38)30(16,41)26(37)22(15)25(23)36/h3-8,15-16,33-34,37,41H,2,9-12H2,1H3,(H2,31,39)(H,32,40)/t15?,16-,30-/m0/s1. The fraction of sp³-hybridized carbons (Fsp3) is 0.300. The average molecular weight is 577 g/mol. The van der Waals surface area contributed by atoms with Gasteiger partial charge in [-0.1, -0.05) is 18.2 Å². The van der Waals surface area contributed by atoms with Crippen LogP contribution in [0.25, 0.3) is 11.1 Å². The number of phenols is 1. The van der Waals surface area contributed by atoms with Crippen molar-refractivity contribution >= 4 is 29.4 Å². The fourth-order valence-corrected chi connectivity index (χ4v) is 6.18. The van der Waals surface area contributed by atoms with Crippen molar-refractivity contribution < 1.29 is 49.1 Å². The van der Waals surface area contributed by atoms with E-state index in [2.05, 4.69) is 5.32 Å². The van der Waals surface area contributed by atoms with Crippen molar-refractivity contribution in [1.82, 2.24) is 5.32 Å². The van der Waals surface area contributed by atoms with Crippen molar-refractivity contribution in [2.45, 2.75) is 31.8 Å². The van der Waals surface area contributed by atoms with Crippen molar-refractivity contribution in [2.24, 2.45) is 17.6 Å². The molecule has 2 amide bonds. The molecule has 0 saturated carbocycles. The van der Waals surface area contributed by atoms with E-state index in [0.29, 0.717) is 16.7 Å². The Morgan fingerprint density at radius 3 is 2.52 bits per heavy atom. The van der Waals surface area contributed by atoms with E-state index in [1.165, 1.54) is 6.07 Å². The minimum Gasteiger partial charge on any atom is -0.511 e. The maximum absolute atomic E-state index is 13.8. The van der Waals surface area contributed by atoms with Gasteiger partial charge in [-0.25, -0.2) is 0 Å². The van der Waals surface area contributed by atoms with Gasteiger partial charge in [0.05, 0.1) is 12.2 Å². The lowest BCUT2D eigenvalue weighted by molar-refractivity contribution is -0.144. The number of carbonyl (C=O) groups is 5. The van der Waals surface area contributed by atoms with E-state index in [1.807, 2.05) is 0 Å². The number of carbonyl (C=O) groups excluding carboxylic acids is 5. The lowest BCUT2D eigenvalue weighted by atomic mass is 9.60. The number of ketones is 2. The van der Waals surface area contributed by atoms with Crippen LogP contribution in [-0.2, 0) is 25.5 Å². The van der Waals surface area contributed by atoms with Crippen LogP contribution in [0.5, 0.6) is 5.75 Å². The molecule has 7 N–H and O–H groups in total. The van der Waals surface area contributed by atoms with Crippen molar-refractivity contribution in [3.05, 3.63) is 75.8 Å². The maximum Gasteiger partial charge on any atom is 0.325 e. The van der Waals surface area contributed by atoms with Crippen molar-refractivity contribution in [3.8, 4) is 16.9 Å². The summed E-state index contributed by atoms with van der Waals surface area (Å²) in [6, 6.07) is 9.31. The van der Waals surface area contributed by atoms with Gasteiger partial charge in [0.25, 0.3) is 11.8 Å². The van der Waals surface area contributed by atoms with Crippen LogP contribution in [0.15, 0.2) is 59.1 Å². The van der Waals surface area contributed by atoms with Gasteiger partial charge < -0.3 is 36.2 Å². The molecule has 2 aromatic rings. The molecule has 0 saturated heterocycles. The van der Waals surface area contributed by atoms with E-state index in [4.69, 9.17) is 10.5 Å². The number of nitrogens with two attached hydrogens (primary N) is 1. The monoisotopic (exact) mass is 576 g/mol. The van der Waals surface area contributed by atoms with Crippen LogP contribution in [0.2, 0.25) is 0 Å². The second kappa shape index (κ2) is 10.5. The van der Waals surface area contributed by atoms with Crippen LogP contribution in [0, 0.1) is 11.8 Å². The molecule has 0 spiro atoms. The molecule has 0 aliphatic heterocycles. The zero-order chi connectivity index (χ0) is 30.5. The van der Waals surface area contributed by atoms with Crippen molar-refractivity contribution in [2.75, 3.05) is 13.2 Å². The highest BCUT2D eigenvalue weighted by molar-refractivity contribution is 6.24. The number of hydrogen-bond acceptors (Lipinski definition) is 10. The van der Waals surface area contributed by atoms with Gasteiger partial charge in [-0.05, 0) is 60.6 Å². The molecule has 2 aromatic carbocycles. The Morgan fingerprint density at radius 1 is 1.10 bits per heavy atom. The molecule has 0 radical (unpaired) electrons. The van der Waals surface area contributed by atoms with Crippen LogP contribution in [0.4, 0.5) is 0 Å². The Kier molecular flexibility index (Phi) is 7.11. The molecule has 3 atom stereocenters. The van der Waals surface area contributed by atoms with Crippen LogP contribution in [0.1, 0.15) is 46.0 Å². The third kappa shape index (κ3) is 4.40. The molecule has 5 rings (SSSR count). The highest BCUT2D eigenvalue weighted by Crippen LogP contribution is 2.52. The minimum absolute atomic E-state index is 0.00564. The van der Waals surface area contributed by atoms with Gasteiger partial charge in [-0.15, -0.1) is 0 Å². The summed E-state index contributed by atoms with van der Waals surface area (Å²) in [6.07, 6.45) is -0.225. The largest absolute Gasteiger partial charge is 0.511 e. The summed E-state index contributed by atoms with van der Waals surface area (Å²) in [5, 5.41) is 46.1. The van der Waals surface area contributed by atoms with E-state index in [1.54, 1.807) is 37.3 Å². The number of esters is 1. The third-order valence-corrected chi connectivity index (χ3v) is 8.08. The van der Waals surface area contributed by atoms with Gasteiger partial charge in [-0.2, -0.15) is 0 Å². The summed E-state index contributed by atoms with van der Waals surface area (Å²) in [5.41, 5.74) is 3.06. The predicted octanol–water partition coefficient (Wildman–Crippen LogP) is 1.54. The first-order valence-corrected chi connectivity index (χ1v) is 13.3. The number of hydrogen-bond donors (Lipinski definition) is 6. The summed E-state index contributed by atoms with van der Waals surface area (Å²) in [4.78, 5) is 63.0. The number of amides is 2. The smallest absolute Gasteiger partial charge is 0.325 e. The highest BCUT2D eigenvalue weighted by atomic mass is 16.5. The van der Waals surface area contributed by atoms with Crippen LogP contribution in [-0.4, -0.2) is 68.5 Å². The topological polar surface area (TPSA) is 214 Å². The number of aromatic hydroxyl groups is 1. The van der Waals surface area contributed by atoms with E-state index < -0.39 is 63.9 Å². The molecule has 3 aliphatic carbocycles. The number of benzene rings is 2. The van der Waals surface area contributed by atoms with Gasteiger partial charge in [0, 0.05) is 23.5 Å². The molecule has 0 aromatic heterocycles. The fourth-order valence-electron chi connectivity index (χ4n) is 6.18. The summed E-state index contributed by atoms with van der Waals surface area (Å²) in [5.74, 6) is -8.16. The number of phenolic OH excluding ortho intramolecular Hbond substituents is 1. The molecule has 1 unspecified atom stereocenters. The summed E-state index contributed by atoms with van der Waals surface area (Å²) in [6.45, 7) is 1.50. The molecular weight excluding hydrogens is 548 g/mol. The SMILES string of the molecule is CCOC(=O)CNC(=O)c1cccc(-c2ccc(O)c3c2CC2C[C@H]4CC(O)=C(C(N)=O)C(=O)[C@@]4(O)C(O)=C2C3=O)c1. The molecule has 0 fully saturated rings. The number of ether oxygens (including phenoxy) is 1. The van der Waals surface area contributed by atoms with Crippen molar-refractivity contribution in [3.63, 3.8) is 0 Å². The van der Waals surface area contributed by atoms with E-state index in [0.717, 1.165) is 0 Å². The number of nitrogens with one attached hydrogen (secondary N) is 1. The molecule has 12 heteroatoms. The number of aliphatic hydroxyl groups excluding tert-OH is 2. The highest BCUT2D eigenvalue weighted by Gasteiger charge is 2.59. The summed E-state index contributed by atoms with van der Waals surface area (Å²) in [7, 11) is 0. The zero-order valence-corrected chi connectivity index (χ0v) is 22.5. The van der Waals surface area contributed by atoms with Gasteiger partial charge in [-0.3, -0.25) is 24.0 Å². The predicted molar refractivity (Wildman–Crippen MR) is 145 cm³/mol. The Balaban J connectivity index is 1.54. The van der Waals surface area contributed by atoms with E-state index in [-0.39, 0.29) is 54.9 Å². The zero-order valence-electron chi connectivity index (χ0n) is 22.5. The minimum atomic E-state index is -2.64. The normalized spacial score (nSPS) is 23.1. The number of rotatable bonds is 6. The Bertz CT molecular complexity index is 1640. The number of primary amides is 1. The summed E-state index contributed by atoms with van der Waals surface area (Å²) >= 11 is 0. The van der Waals surface area contributed by atoms with E-state index >= 15 is 0 Å². The van der Waals surface area contributed by atoms with Gasteiger partial charge in [0.2, 0.25) is 5.78 Å². The molecule has 12 nitrogen and oxygen atoms in total. The van der Waals surface area contributed by atoms with Gasteiger partial charge in [0.15, 0.2) is 11.4 Å². The Labute approximate surface area is 239 Å². The first kappa shape index (κ1) is 28.6. The number of fused-ring (bicyclic) bond motifs is 3. The lowest BCUT2D eigenvalue weighted by Crippen LogP contribution is -2.57. The van der Waals surface area contributed by atoms with Gasteiger partial charge in [0.1, 0.15) is 29.4 Å². The molecule has 218 valence electrons. The van der Waals surface area contributed by atoms with Crippen LogP contribution >= 0.6 is 0 Å². The van der Waals surface area contributed by atoms with Crippen LogP contribution < -0.4 is 11.1 Å². The van der Waals surface area contributed by atoms with Gasteiger partial charge >= 0.3 is 5.97 Å². The quantitative estimate of drug-likeness (QED) is 0.215. The lowest BCUT2D eigenvalue weighted by Gasteiger charge is -2.45. The average Bonchev–Trinajstić information content (AvgIpc) is 2.94. The number of allylic oxidation sites excluding steroid dienone is 2. The van der Waals surface area contributed by atoms with Crippen molar-refractivity contribution in [1.29, 1.82) is 0 Å². The molecule has 3 aliphatic rings. The van der Waals surface area contributed by atoms with Crippen LogP contribution in [0.3, 0.4) is 0 Å². The first-order chi connectivity index (χ1) is 19.9. The second-order valence-corrected chi connectivity index (χ2v) is 10.5. The third-order valence-electron chi connectivity index (χ3n) is 8.08. The maximum atomic E-state index is 13.8. The molecule has 42 heavy (non-hydrogen) atoms. The molecule has 0 heterocycles. The Hall–Kier alpha value is -4.97. The Morgan fingerprint density at radius 2 is 1.83 bits per heavy atom. The number of aliphatic hydroxyl groups is 3. The van der Waals surface area contributed by atoms with E-state index in [9.17, 15) is 44.4 Å². The first-order valence-electron chi connectivity index (χ1n) is 13.3. The summed E-state index contributed by atoms with van der Waals surface area (Å²) < 4.78 is 4.82.